The summed E-state index contributed by atoms with van der Waals surface area (Å²) in [6.45, 7) is 9.21. The number of piperidine rings is 1. The molecule has 0 amide bonds. The Kier molecular flexibility index (Phi) is 5.17. The highest BCUT2D eigenvalue weighted by Crippen LogP contribution is 2.28. The van der Waals surface area contributed by atoms with E-state index in [1.807, 2.05) is 13.0 Å². The molecule has 0 aromatic heterocycles. The molecule has 2 unspecified atom stereocenters. The van der Waals surface area contributed by atoms with Gasteiger partial charge in [0.15, 0.2) is 0 Å². The Hall–Kier alpha value is -1.62. The summed E-state index contributed by atoms with van der Waals surface area (Å²) in [5.74, 6) is 0.697. The van der Waals surface area contributed by atoms with Gasteiger partial charge in [0.2, 0.25) is 0 Å². The van der Waals surface area contributed by atoms with Crippen LogP contribution in [0.3, 0.4) is 0 Å². The van der Waals surface area contributed by atoms with Crippen LogP contribution in [0.25, 0.3) is 0 Å². The lowest BCUT2D eigenvalue weighted by atomic mass is 9.94. The van der Waals surface area contributed by atoms with Gasteiger partial charge in [0, 0.05) is 43.5 Å². The van der Waals surface area contributed by atoms with Crippen LogP contribution in [0.5, 0.6) is 0 Å². The molecule has 5 heteroatoms. The molecule has 2 atom stereocenters. The molecule has 0 radical (unpaired) electrons. The minimum atomic E-state index is -0.318. The molecule has 1 aromatic carbocycles. The quantitative estimate of drug-likeness (QED) is 0.664. The highest BCUT2D eigenvalue weighted by Gasteiger charge is 2.24. The van der Waals surface area contributed by atoms with Gasteiger partial charge in [-0.05, 0) is 44.2 Å². The van der Waals surface area contributed by atoms with Crippen molar-refractivity contribution < 1.29 is 4.92 Å². The Labute approximate surface area is 126 Å². The third kappa shape index (κ3) is 3.94. The number of hydrogen-bond donors (Lipinski definition) is 1. The normalized spacial score (nSPS) is 23.0. The van der Waals surface area contributed by atoms with E-state index < -0.39 is 0 Å². The first kappa shape index (κ1) is 15.8. The molecule has 0 spiro atoms. The second-order valence-corrected chi connectivity index (χ2v) is 6.09. The number of hydrogen-bond acceptors (Lipinski definition) is 4. The largest absolute Gasteiger partial charge is 0.385 e. The second kappa shape index (κ2) is 6.89. The smallest absolute Gasteiger partial charge is 0.269 e. The molecule has 1 aliphatic heterocycles. The van der Waals surface area contributed by atoms with Gasteiger partial charge in [0.25, 0.3) is 5.69 Å². The Bertz CT molecular complexity index is 504. The zero-order valence-corrected chi connectivity index (χ0v) is 13.1. The van der Waals surface area contributed by atoms with Crippen LogP contribution in [0.2, 0.25) is 0 Å². The van der Waals surface area contributed by atoms with E-state index in [-0.39, 0.29) is 10.6 Å². The molecule has 2 rings (SSSR count). The number of nitro groups is 1. The van der Waals surface area contributed by atoms with E-state index >= 15 is 0 Å². The van der Waals surface area contributed by atoms with E-state index in [9.17, 15) is 10.1 Å². The molecular formula is C16H25N3O2. The first-order valence-corrected chi connectivity index (χ1v) is 7.76. The van der Waals surface area contributed by atoms with E-state index in [1.54, 1.807) is 12.1 Å². The van der Waals surface area contributed by atoms with Crippen molar-refractivity contribution in [3.8, 4) is 0 Å². The van der Waals surface area contributed by atoms with Crippen LogP contribution in [0.15, 0.2) is 18.2 Å². The zero-order chi connectivity index (χ0) is 15.4. The average molecular weight is 291 g/mol. The Morgan fingerprint density at radius 2 is 2.14 bits per heavy atom. The van der Waals surface area contributed by atoms with E-state index in [0.29, 0.717) is 12.0 Å². The predicted octanol–water partition coefficient (Wildman–Crippen LogP) is 3.65. The summed E-state index contributed by atoms with van der Waals surface area (Å²) < 4.78 is 0. The maximum atomic E-state index is 11.0. The summed E-state index contributed by atoms with van der Waals surface area (Å²) in [7, 11) is 0. The van der Waals surface area contributed by atoms with Gasteiger partial charge >= 0.3 is 0 Å². The minimum absolute atomic E-state index is 0.171. The number of likely N-dealkylation sites (tertiary alicyclic amines) is 1. The van der Waals surface area contributed by atoms with Gasteiger partial charge in [0.1, 0.15) is 0 Å². The molecule has 1 heterocycles. The van der Waals surface area contributed by atoms with Crippen molar-refractivity contribution in [1.82, 2.24) is 4.90 Å². The standard InChI is InChI=1S/C16H25N3O2/c1-4-17-16-8-7-15(19(20)21)9-14(16)11-18-10-12(2)5-6-13(18)3/h7-9,12-13,17H,4-6,10-11H2,1-3H3. The Morgan fingerprint density at radius 1 is 1.38 bits per heavy atom. The summed E-state index contributed by atoms with van der Waals surface area (Å²) in [5, 5.41) is 14.3. The van der Waals surface area contributed by atoms with Crippen molar-refractivity contribution in [1.29, 1.82) is 0 Å². The van der Waals surface area contributed by atoms with Crippen LogP contribution in [0.4, 0.5) is 11.4 Å². The number of anilines is 1. The van der Waals surface area contributed by atoms with Crippen LogP contribution in [-0.2, 0) is 6.54 Å². The molecule has 21 heavy (non-hydrogen) atoms. The second-order valence-electron chi connectivity index (χ2n) is 6.09. The summed E-state index contributed by atoms with van der Waals surface area (Å²) in [5.41, 5.74) is 2.20. The summed E-state index contributed by atoms with van der Waals surface area (Å²) in [6.07, 6.45) is 2.47. The summed E-state index contributed by atoms with van der Waals surface area (Å²) in [6, 6.07) is 5.65. The Morgan fingerprint density at radius 3 is 2.81 bits per heavy atom. The third-order valence-electron chi connectivity index (χ3n) is 4.29. The fraction of sp³-hybridized carbons (Fsp3) is 0.625. The number of nitrogens with one attached hydrogen (secondary N) is 1. The van der Waals surface area contributed by atoms with Gasteiger partial charge in [0.05, 0.1) is 4.92 Å². The van der Waals surface area contributed by atoms with Gasteiger partial charge in [-0.2, -0.15) is 0 Å². The van der Waals surface area contributed by atoms with Crippen LogP contribution >= 0.6 is 0 Å². The van der Waals surface area contributed by atoms with E-state index in [1.165, 1.54) is 12.8 Å². The van der Waals surface area contributed by atoms with Gasteiger partial charge < -0.3 is 5.32 Å². The number of rotatable bonds is 5. The van der Waals surface area contributed by atoms with Crippen molar-refractivity contribution in [3.05, 3.63) is 33.9 Å². The van der Waals surface area contributed by atoms with Crippen molar-refractivity contribution in [3.63, 3.8) is 0 Å². The van der Waals surface area contributed by atoms with Gasteiger partial charge in [-0.1, -0.05) is 6.92 Å². The van der Waals surface area contributed by atoms with Crippen molar-refractivity contribution in [2.45, 2.75) is 46.2 Å². The van der Waals surface area contributed by atoms with Crippen molar-refractivity contribution >= 4 is 11.4 Å². The average Bonchev–Trinajstić information content (AvgIpc) is 2.44. The van der Waals surface area contributed by atoms with Gasteiger partial charge in [-0.3, -0.25) is 15.0 Å². The van der Waals surface area contributed by atoms with Crippen LogP contribution in [0.1, 0.15) is 39.2 Å². The highest BCUT2D eigenvalue weighted by molar-refractivity contribution is 5.56. The number of nitro benzene ring substituents is 1. The number of benzene rings is 1. The van der Waals surface area contributed by atoms with Crippen molar-refractivity contribution in [2.75, 3.05) is 18.4 Å². The molecule has 0 saturated carbocycles. The van der Waals surface area contributed by atoms with E-state index in [0.717, 1.165) is 30.9 Å². The lowest BCUT2D eigenvalue weighted by Crippen LogP contribution is -2.40. The van der Waals surface area contributed by atoms with E-state index in [4.69, 9.17) is 0 Å². The van der Waals surface area contributed by atoms with E-state index in [2.05, 4.69) is 24.1 Å². The first-order chi connectivity index (χ1) is 10.0. The predicted molar refractivity (Wildman–Crippen MR) is 85.5 cm³/mol. The minimum Gasteiger partial charge on any atom is -0.385 e. The lowest BCUT2D eigenvalue weighted by Gasteiger charge is -2.37. The van der Waals surface area contributed by atoms with Crippen LogP contribution in [-0.4, -0.2) is 29.0 Å². The van der Waals surface area contributed by atoms with Crippen LogP contribution < -0.4 is 5.32 Å². The lowest BCUT2D eigenvalue weighted by molar-refractivity contribution is -0.384. The zero-order valence-electron chi connectivity index (χ0n) is 13.1. The molecule has 116 valence electrons. The Balaban J connectivity index is 2.23. The third-order valence-corrected chi connectivity index (χ3v) is 4.29. The number of nitrogens with zero attached hydrogens (tertiary/aromatic N) is 2. The molecular weight excluding hydrogens is 266 g/mol. The maximum absolute atomic E-state index is 11.0. The topological polar surface area (TPSA) is 58.4 Å². The van der Waals surface area contributed by atoms with Crippen LogP contribution in [0, 0.1) is 16.0 Å². The molecule has 1 fully saturated rings. The van der Waals surface area contributed by atoms with Gasteiger partial charge in [-0.15, -0.1) is 0 Å². The summed E-state index contributed by atoms with van der Waals surface area (Å²) in [4.78, 5) is 13.1. The molecule has 1 aromatic rings. The molecule has 5 nitrogen and oxygen atoms in total. The molecule has 1 N–H and O–H groups in total. The molecule has 1 aliphatic rings. The van der Waals surface area contributed by atoms with Gasteiger partial charge in [-0.25, -0.2) is 0 Å². The molecule has 0 bridgehead atoms. The molecule has 0 aliphatic carbocycles. The van der Waals surface area contributed by atoms with Crippen molar-refractivity contribution in [2.24, 2.45) is 5.92 Å². The fourth-order valence-electron chi connectivity index (χ4n) is 3.01. The molecule has 1 saturated heterocycles. The summed E-state index contributed by atoms with van der Waals surface area (Å²) >= 11 is 0. The highest BCUT2D eigenvalue weighted by atomic mass is 16.6. The fourth-order valence-corrected chi connectivity index (χ4v) is 3.01. The first-order valence-electron chi connectivity index (χ1n) is 7.76. The SMILES string of the molecule is CCNc1ccc([N+](=O)[O-])cc1CN1CC(C)CCC1C. The maximum Gasteiger partial charge on any atom is 0.269 e. The monoisotopic (exact) mass is 291 g/mol. The number of non-ortho nitro benzene ring substituents is 1.